The van der Waals surface area contributed by atoms with E-state index in [-0.39, 0.29) is 5.91 Å². The van der Waals surface area contributed by atoms with Crippen molar-refractivity contribution < 1.29 is 13.2 Å². The Hall–Kier alpha value is -2.38. The van der Waals surface area contributed by atoms with Crippen molar-refractivity contribution in [2.75, 3.05) is 23.7 Å². The Morgan fingerprint density at radius 1 is 1.03 bits per heavy atom. The first kappa shape index (κ1) is 25.2. The largest absolute Gasteiger partial charge is 0.350 e. The number of nitrogens with zero attached hydrogens (tertiary/aromatic N) is 2. The summed E-state index contributed by atoms with van der Waals surface area (Å²) in [5, 5.41) is 3.02. The number of nitrogens with one attached hydrogen (secondary N) is 1. The molecule has 0 saturated carbocycles. The summed E-state index contributed by atoms with van der Waals surface area (Å²) in [6, 6.07) is 13.0. The summed E-state index contributed by atoms with van der Waals surface area (Å²) in [7, 11) is -3.65. The maximum absolute atomic E-state index is 13.3. The smallest absolute Gasteiger partial charge is 0.244 e. The quantitative estimate of drug-likeness (QED) is 0.597. The predicted octanol–water partition coefficient (Wildman–Crippen LogP) is 4.15. The van der Waals surface area contributed by atoms with E-state index in [1.54, 1.807) is 0 Å². The molecule has 1 saturated heterocycles. The number of piperidine rings is 1. The van der Waals surface area contributed by atoms with Gasteiger partial charge in [0.05, 0.1) is 11.9 Å². The van der Waals surface area contributed by atoms with Gasteiger partial charge in [0.25, 0.3) is 0 Å². The van der Waals surface area contributed by atoms with Crippen LogP contribution in [0, 0.1) is 13.8 Å². The molecule has 3 rings (SSSR count). The van der Waals surface area contributed by atoms with Crippen LogP contribution < -0.4 is 9.62 Å². The van der Waals surface area contributed by atoms with Gasteiger partial charge in [-0.2, -0.15) is 0 Å². The van der Waals surface area contributed by atoms with Crippen LogP contribution in [0.5, 0.6) is 0 Å². The van der Waals surface area contributed by atoms with Crippen LogP contribution in [0.3, 0.4) is 0 Å². The number of benzene rings is 2. The number of amides is 1. The van der Waals surface area contributed by atoms with Gasteiger partial charge in [0.1, 0.15) is 6.04 Å². The number of rotatable bonds is 9. The number of carbonyl (C=O) groups is 1. The number of sulfonamides is 1. The molecule has 1 aliphatic heterocycles. The molecular weight excluding hydrogens is 434 g/mol. The summed E-state index contributed by atoms with van der Waals surface area (Å²) in [4.78, 5) is 15.7. The summed E-state index contributed by atoms with van der Waals surface area (Å²) in [5.74, 6) is -0.283. The van der Waals surface area contributed by atoms with E-state index < -0.39 is 16.1 Å². The lowest BCUT2D eigenvalue weighted by Crippen LogP contribution is -2.49. The standard InChI is InChI=1S/C26H37N3O3S/c1-5-25(29(33(4,31)32)24-16-20(2)15-21(3)17-24)26(30)27-18-22-11-7-8-12-23(22)19-28-13-9-6-10-14-28/h7-8,11-12,15-17,25H,5-6,9-10,13-14,18-19H2,1-4H3,(H,27,30)/t25-/m0/s1. The number of carbonyl (C=O) groups excluding carboxylic acids is 1. The van der Waals surface area contributed by atoms with Gasteiger partial charge in [-0.1, -0.05) is 43.7 Å². The predicted molar refractivity (Wildman–Crippen MR) is 135 cm³/mol. The molecule has 7 heteroatoms. The van der Waals surface area contributed by atoms with E-state index in [0.717, 1.165) is 42.6 Å². The fraction of sp³-hybridized carbons (Fsp3) is 0.500. The van der Waals surface area contributed by atoms with Crippen LogP contribution in [-0.4, -0.2) is 44.6 Å². The third-order valence-corrected chi connectivity index (χ3v) is 7.38. The van der Waals surface area contributed by atoms with E-state index in [0.29, 0.717) is 18.7 Å². The molecule has 1 aliphatic rings. The molecule has 0 aliphatic carbocycles. The highest BCUT2D eigenvalue weighted by Crippen LogP contribution is 2.25. The van der Waals surface area contributed by atoms with Gasteiger partial charge in [-0.05, 0) is 80.6 Å². The van der Waals surface area contributed by atoms with E-state index in [9.17, 15) is 13.2 Å². The Labute approximate surface area is 199 Å². The third-order valence-electron chi connectivity index (χ3n) is 6.20. The molecular formula is C26H37N3O3S. The van der Waals surface area contributed by atoms with E-state index >= 15 is 0 Å². The van der Waals surface area contributed by atoms with Crippen LogP contribution in [-0.2, 0) is 27.9 Å². The molecule has 1 N–H and O–H groups in total. The topological polar surface area (TPSA) is 69.7 Å². The lowest BCUT2D eigenvalue weighted by atomic mass is 10.0. The van der Waals surface area contributed by atoms with Crippen LogP contribution in [0.4, 0.5) is 5.69 Å². The van der Waals surface area contributed by atoms with E-state index in [1.165, 1.54) is 29.1 Å². The highest BCUT2D eigenvalue weighted by molar-refractivity contribution is 7.92. The van der Waals surface area contributed by atoms with Gasteiger partial charge in [0.2, 0.25) is 15.9 Å². The zero-order valence-electron chi connectivity index (χ0n) is 20.3. The molecule has 1 atom stereocenters. The van der Waals surface area contributed by atoms with Crippen molar-refractivity contribution in [2.24, 2.45) is 0 Å². The highest BCUT2D eigenvalue weighted by atomic mass is 32.2. The van der Waals surface area contributed by atoms with Gasteiger partial charge in [0.15, 0.2) is 0 Å². The second-order valence-corrected chi connectivity index (χ2v) is 11.0. The maximum Gasteiger partial charge on any atom is 0.244 e. The first-order valence-electron chi connectivity index (χ1n) is 11.8. The summed E-state index contributed by atoms with van der Waals surface area (Å²) in [6.07, 6.45) is 5.30. The Morgan fingerprint density at radius 2 is 1.64 bits per heavy atom. The molecule has 0 bridgehead atoms. The van der Waals surface area contributed by atoms with Crippen LogP contribution >= 0.6 is 0 Å². The number of likely N-dealkylation sites (tertiary alicyclic amines) is 1. The molecule has 6 nitrogen and oxygen atoms in total. The van der Waals surface area contributed by atoms with Crippen molar-refractivity contribution >= 4 is 21.6 Å². The molecule has 1 amide bonds. The zero-order chi connectivity index (χ0) is 24.0. The highest BCUT2D eigenvalue weighted by Gasteiger charge is 2.31. The minimum absolute atomic E-state index is 0.283. The molecule has 2 aromatic rings. The molecule has 33 heavy (non-hydrogen) atoms. The molecule has 2 aromatic carbocycles. The number of aryl methyl sites for hydroxylation is 2. The first-order valence-corrected chi connectivity index (χ1v) is 13.7. The second kappa shape index (κ2) is 11.2. The summed E-state index contributed by atoms with van der Waals surface area (Å²) < 4.78 is 26.8. The summed E-state index contributed by atoms with van der Waals surface area (Å²) in [5.41, 5.74) is 4.73. The van der Waals surface area contributed by atoms with Crippen LogP contribution in [0.1, 0.15) is 54.9 Å². The van der Waals surface area contributed by atoms with Crippen molar-refractivity contribution in [1.29, 1.82) is 0 Å². The molecule has 180 valence electrons. The van der Waals surface area contributed by atoms with Crippen molar-refractivity contribution in [2.45, 2.75) is 65.6 Å². The normalized spacial score (nSPS) is 15.8. The number of hydrogen-bond donors (Lipinski definition) is 1. The summed E-state index contributed by atoms with van der Waals surface area (Å²) in [6.45, 7) is 9.17. The minimum Gasteiger partial charge on any atom is -0.350 e. The lowest BCUT2D eigenvalue weighted by molar-refractivity contribution is -0.122. The molecule has 1 heterocycles. The van der Waals surface area contributed by atoms with Crippen LogP contribution in [0.2, 0.25) is 0 Å². The Morgan fingerprint density at radius 3 is 2.21 bits per heavy atom. The molecule has 1 fully saturated rings. The van der Waals surface area contributed by atoms with Crippen LogP contribution in [0.25, 0.3) is 0 Å². The van der Waals surface area contributed by atoms with Crippen molar-refractivity contribution in [1.82, 2.24) is 10.2 Å². The molecule has 0 spiro atoms. The van der Waals surface area contributed by atoms with Gasteiger partial charge < -0.3 is 5.32 Å². The van der Waals surface area contributed by atoms with E-state index in [1.807, 2.05) is 57.2 Å². The van der Waals surface area contributed by atoms with Crippen molar-refractivity contribution in [3.8, 4) is 0 Å². The van der Waals surface area contributed by atoms with E-state index in [4.69, 9.17) is 0 Å². The van der Waals surface area contributed by atoms with Gasteiger partial charge in [0, 0.05) is 13.1 Å². The second-order valence-electron chi connectivity index (χ2n) is 9.15. The lowest BCUT2D eigenvalue weighted by Gasteiger charge is -2.31. The van der Waals surface area contributed by atoms with Gasteiger partial charge in [-0.25, -0.2) is 8.42 Å². The first-order chi connectivity index (χ1) is 15.7. The van der Waals surface area contributed by atoms with Crippen LogP contribution in [0.15, 0.2) is 42.5 Å². The molecule has 0 radical (unpaired) electrons. The average Bonchev–Trinajstić information content (AvgIpc) is 2.75. The Kier molecular flexibility index (Phi) is 8.54. The SMILES string of the molecule is CC[C@@H](C(=O)NCc1ccccc1CN1CCCCC1)N(c1cc(C)cc(C)c1)S(C)(=O)=O. The maximum atomic E-state index is 13.3. The molecule has 0 aromatic heterocycles. The van der Waals surface area contributed by atoms with E-state index in [2.05, 4.69) is 16.3 Å². The fourth-order valence-corrected chi connectivity index (χ4v) is 5.88. The average molecular weight is 472 g/mol. The minimum atomic E-state index is -3.65. The Bertz CT molecular complexity index is 1040. The van der Waals surface area contributed by atoms with Gasteiger partial charge in [-0.3, -0.25) is 14.0 Å². The number of anilines is 1. The monoisotopic (exact) mass is 471 g/mol. The van der Waals surface area contributed by atoms with Gasteiger partial charge >= 0.3 is 0 Å². The summed E-state index contributed by atoms with van der Waals surface area (Å²) >= 11 is 0. The Balaban J connectivity index is 1.78. The van der Waals surface area contributed by atoms with Crippen molar-refractivity contribution in [3.05, 3.63) is 64.7 Å². The molecule has 0 unspecified atom stereocenters. The van der Waals surface area contributed by atoms with Gasteiger partial charge in [-0.15, -0.1) is 0 Å². The zero-order valence-corrected chi connectivity index (χ0v) is 21.1. The van der Waals surface area contributed by atoms with Crippen molar-refractivity contribution in [3.63, 3.8) is 0 Å². The fourth-order valence-electron chi connectivity index (χ4n) is 4.68. The third kappa shape index (κ3) is 6.81. The number of hydrogen-bond acceptors (Lipinski definition) is 4.